The van der Waals surface area contributed by atoms with E-state index in [-0.39, 0.29) is 0 Å². The molecule has 0 aliphatic heterocycles. The molecule has 0 saturated carbocycles. The predicted octanol–water partition coefficient (Wildman–Crippen LogP) is 3.83. The summed E-state index contributed by atoms with van der Waals surface area (Å²) in [5.74, 6) is 0. The Morgan fingerprint density at radius 3 is 2.61 bits per heavy atom. The van der Waals surface area contributed by atoms with E-state index in [4.69, 9.17) is 0 Å². The smallest absolute Gasteiger partial charge is 0.0781 e. The van der Waals surface area contributed by atoms with Gasteiger partial charge < -0.3 is 10.0 Å². The summed E-state index contributed by atoms with van der Waals surface area (Å²) in [4.78, 5) is 3.64. The molecule has 1 aromatic carbocycles. The van der Waals surface area contributed by atoms with Crippen LogP contribution < -0.4 is 4.90 Å². The van der Waals surface area contributed by atoms with Crippen molar-refractivity contribution in [1.82, 2.24) is 0 Å². The fourth-order valence-corrected chi connectivity index (χ4v) is 2.81. The van der Waals surface area contributed by atoms with E-state index in [9.17, 15) is 5.11 Å². The van der Waals surface area contributed by atoms with E-state index in [1.165, 1.54) is 4.88 Å². The number of benzene rings is 1. The summed E-state index contributed by atoms with van der Waals surface area (Å²) in [7, 11) is 0. The van der Waals surface area contributed by atoms with Gasteiger partial charge in [-0.1, -0.05) is 24.3 Å². The highest BCUT2D eigenvalue weighted by Gasteiger charge is 2.13. The van der Waals surface area contributed by atoms with Crippen molar-refractivity contribution in [2.24, 2.45) is 0 Å². The molecule has 0 saturated heterocycles. The maximum atomic E-state index is 9.85. The fraction of sp³-hybridized carbons (Fsp3) is 0.333. The zero-order chi connectivity index (χ0) is 13.0. The van der Waals surface area contributed by atoms with Crippen molar-refractivity contribution < 1.29 is 5.11 Å². The lowest BCUT2D eigenvalue weighted by Gasteiger charge is -2.26. The van der Waals surface area contributed by atoms with Crippen LogP contribution in [0.15, 0.2) is 41.8 Å². The summed E-state index contributed by atoms with van der Waals surface area (Å²) in [6.07, 6.45) is -0.432. The summed E-state index contributed by atoms with van der Waals surface area (Å²) in [5.41, 5.74) is 2.12. The lowest BCUT2D eigenvalue weighted by molar-refractivity contribution is 0.199. The molecule has 2 aromatic rings. The lowest BCUT2D eigenvalue weighted by Crippen LogP contribution is -2.23. The molecule has 0 aliphatic rings. The Kier molecular flexibility index (Phi) is 4.39. The van der Waals surface area contributed by atoms with Crippen LogP contribution in [-0.4, -0.2) is 11.7 Å². The molecule has 18 heavy (non-hydrogen) atoms. The predicted molar refractivity (Wildman–Crippen MR) is 78.1 cm³/mol. The maximum absolute atomic E-state index is 9.85. The Bertz CT molecular complexity index is 479. The molecule has 1 heterocycles. The zero-order valence-electron chi connectivity index (χ0n) is 10.8. The molecular formula is C15H19NOS. The molecule has 3 heteroatoms. The van der Waals surface area contributed by atoms with Crippen molar-refractivity contribution >= 4 is 17.0 Å². The van der Waals surface area contributed by atoms with Crippen LogP contribution in [0.4, 0.5) is 5.69 Å². The maximum Gasteiger partial charge on any atom is 0.0781 e. The summed E-state index contributed by atoms with van der Waals surface area (Å²) in [6.45, 7) is 5.80. The fourth-order valence-electron chi connectivity index (χ4n) is 2.09. The molecule has 1 atom stereocenters. The quantitative estimate of drug-likeness (QED) is 0.884. The number of rotatable bonds is 5. The number of anilines is 1. The minimum Gasteiger partial charge on any atom is -0.389 e. The molecule has 0 radical (unpaired) electrons. The molecule has 0 fully saturated rings. The Balaban J connectivity index is 2.27. The third-order valence-electron chi connectivity index (χ3n) is 3.04. The van der Waals surface area contributed by atoms with Crippen LogP contribution in [0.3, 0.4) is 0 Å². The zero-order valence-corrected chi connectivity index (χ0v) is 11.7. The number of nitrogens with zero attached hydrogens (tertiary/aromatic N) is 1. The van der Waals surface area contributed by atoms with Crippen molar-refractivity contribution in [2.75, 3.05) is 11.4 Å². The molecule has 0 spiro atoms. The number of aliphatic hydroxyl groups is 1. The average Bonchev–Trinajstić information content (AvgIpc) is 2.88. The minimum absolute atomic E-state index is 0.432. The van der Waals surface area contributed by atoms with Crippen LogP contribution in [0, 0.1) is 0 Å². The van der Waals surface area contributed by atoms with Crippen LogP contribution in [0.25, 0.3) is 0 Å². The largest absolute Gasteiger partial charge is 0.389 e. The van der Waals surface area contributed by atoms with Gasteiger partial charge in [-0.2, -0.15) is 0 Å². The van der Waals surface area contributed by atoms with Gasteiger partial charge in [0.25, 0.3) is 0 Å². The summed E-state index contributed by atoms with van der Waals surface area (Å²) < 4.78 is 0. The molecule has 0 aliphatic carbocycles. The van der Waals surface area contributed by atoms with Gasteiger partial charge in [-0.3, -0.25) is 0 Å². The summed E-state index contributed by atoms with van der Waals surface area (Å²) >= 11 is 1.77. The number of hydrogen-bond acceptors (Lipinski definition) is 3. The van der Waals surface area contributed by atoms with Gasteiger partial charge in [0.15, 0.2) is 0 Å². The van der Waals surface area contributed by atoms with Crippen molar-refractivity contribution in [3.8, 4) is 0 Å². The van der Waals surface area contributed by atoms with Crippen LogP contribution in [-0.2, 0) is 6.54 Å². The molecule has 1 N–H and O–H groups in total. The van der Waals surface area contributed by atoms with Crippen LogP contribution in [0.5, 0.6) is 0 Å². The standard InChI is InChI=1S/C15H19NOS/c1-3-16(11-13-7-6-10-18-13)15-9-5-4-8-14(15)12(2)17/h4-10,12,17H,3,11H2,1-2H3/t12-/m1/s1. The average molecular weight is 261 g/mol. The molecule has 0 bridgehead atoms. The van der Waals surface area contributed by atoms with Gasteiger partial charge in [0, 0.05) is 22.7 Å². The molecular weight excluding hydrogens is 242 g/mol. The second-order valence-corrected chi connectivity index (χ2v) is 5.36. The van der Waals surface area contributed by atoms with Gasteiger partial charge in [-0.05, 0) is 31.4 Å². The van der Waals surface area contributed by atoms with Crippen LogP contribution >= 0.6 is 11.3 Å². The number of hydrogen-bond donors (Lipinski definition) is 1. The molecule has 0 unspecified atom stereocenters. The first kappa shape index (κ1) is 13.1. The molecule has 96 valence electrons. The first-order valence-electron chi connectivity index (χ1n) is 6.26. The number of aliphatic hydroxyl groups excluding tert-OH is 1. The summed E-state index contributed by atoms with van der Waals surface area (Å²) in [6, 6.07) is 12.3. The molecule has 2 nitrogen and oxygen atoms in total. The van der Waals surface area contributed by atoms with Gasteiger partial charge >= 0.3 is 0 Å². The highest BCUT2D eigenvalue weighted by atomic mass is 32.1. The minimum atomic E-state index is -0.432. The third-order valence-corrected chi connectivity index (χ3v) is 3.90. The second-order valence-electron chi connectivity index (χ2n) is 4.33. The number of thiophene rings is 1. The monoisotopic (exact) mass is 261 g/mol. The van der Waals surface area contributed by atoms with Gasteiger partial charge in [0.2, 0.25) is 0 Å². The first-order valence-corrected chi connectivity index (χ1v) is 7.14. The van der Waals surface area contributed by atoms with Gasteiger partial charge in [0.1, 0.15) is 0 Å². The van der Waals surface area contributed by atoms with Gasteiger partial charge in [-0.25, -0.2) is 0 Å². The van der Waals surface area contributed by atoms with Crippen molar-refractivity contribution in [3.05, 3.63) is 52.2 Å². The third kappa shape index (κ3) is 2.92. The van der Waals surface area contributed by atoms with E-state index >= 15 is 0 Å². The Hall–Kier alpha value is -1.32. The van der Waals surface area contributed by atoms with Gasteiger partial charge in [0.05, 0.1) is 12.6 Å². The Labute approximate surface area is 113 Å². The molecule has 2 rings (SSSR count). The van der Waals surface area contributed by atoms with Crippen molar-refractivity contribution in [2.45, 2.75) is 26.5 Å². The van der Waals surface area contributed by atoms with E-state index < -0.39 is 6.10 Å². The van der Waals surface area contributed by atoms with E-state index in [1.807, 2.05) is 25.1 Å². The normalized spacial score (nSPS) is 12.4. The van der Waals surface area contributed by atoms with Crippen LogP contribution in [0.2, 0.25) is 0 Å². The SMILES string of the molecule is CCN(Cc1cccs1)c1ccccc1[C@@H](C)O. The number of para-hydroxylation sites is 1. The van der Waals surface area contributed by atoms with Crippen molar-refractivity contribution in [1.29, 1.82) is 0 Å². The topological polar surface area (TPSA) is 23.5 Å². The van der Waals surface area contributed by atoms with E-state index in [0.717, 1.165) is 24.3 Å². The molecule has 1 aromatic heterocycles. The Morgan fingerprint density at radius 2 is 2.00 bits per heavy atom. The second kappa shape index (κ2) is 6.03. The van der Waals surface area contributed by atoms with E-state index in [1.54, 1.807) is 11.3 Å². The van der Waals surface area contributed by atoms with E-state index in [0.29, 0.717) is 0 Å². The highest BCUT2D eigenvalue weighted by Crippen LogP contribution is 2.27. The van der Waals surface area contributed by atoms with Crippen molar-refractivity contribution in [3.63, 3.8) is 0 Å². The van der Waals surface area contributed by atoms with Crippen LogP contribution in [0.1, 0.15) is 30.4 Å². The highest BCUT2D eigenvalue weighted by molar-refractivity contribution is 7.09. The lowest BCUT2D eigenvalue weighted by atomic mass is 10.1. The Morgan fingerprint density at radius 1 is 1.22 bits per heavy atom. The summed E-state index contributed by atoms with van der Waals surface area (Å²) in [5, 5.41) is 12.0. The van der Waals surface area contributed by atoms with Gasteiger partial charge in [-0.15, -0.1) is 11.3 Å². The molecule has 0 amide bonds. The first-order chi connectivity index (χ1) is 8.72. The van der Waals surface area contributed by atoms with E-state index in [2.05, 4.69) is 35.4 Å².